The van der Waals surface area contributed by atoms with Crippen LogP contribution >= 0.6 is 0 Å². The van der Waals surface area contributed by atoms with Crippen LogP contribution in [0.15, 0.2) is 49.4 Å². The van der Waals surface area contributed by atoms with Gasteiger partial charge in [-0.3, -0.25) is 4.98 Å². The highest BCUT2D eigenvalue weighted by Crippen LogP contribution is 2.27. The fourth-order valence-corrected chi connectivity index (χ4v) is 2.18. The van der Waals surface area contributed by atoms with Crippen LogP contribution in [0.25, 0.3) is 16.5 Å². The van der Waals surface area contributed by atoms with Crippen LogP contribution in [0.5, 0.6) is 6.01 Å². The molecule has 1 aromatic carbocycles. The maximum atomic E-state index is 12.3. The topological polar surface area (TPSA) is 105 Å². The van der Waals surface area contributed by atoms with E-state index < -0.39 is 11.9 Å². The molecule has 0 saturated heterocycles. The molecule has 2 N–H and O–H groups in total. The van der Waals surface area contributed by atoms with Crippen molar-refractivity contribution in [3.05, 3.63) is 60.6 Å². The summed E-state index contributed by atoms with van der Waals surface area (Å²) < 4.78 is 5.08. The molecule has 0 saturated carbocycles. The molecule has 0 aliphatic carbocycles. The SMILES string of the molecule is C=C(C(=O)O)c1c(C(=O)Oc2ncc[nH]2)cnc2ccccc12. The first-order valence-corrected chi connectivity index (χ1v) is 6.60. The highest BCUT2D eigenvalue weighted by Gasteiger charge is 2.22. The van der Waals surface area contributed by atoms with Crippen LogP contribution in [-0.4, -0.2) is 32.0 Å². The summed E-state index contributed by atoms with van der Waals surface area (Å²) in [5.74, 6) is -2.00. The molecule has 3 rings (SSSR count). The van der Waals surface area contributed by atoms with Crippen molar-refractivity contribution in [3.63, 3.8) is 0 Å². The number of fused-ring (bicyclic) bond motifs is 1. The minimum atomic E-state index is -1.23. The van der Waals surface area contributed by atoms with Gasteiger partial charge in [-0.15, -0.1) is 0 Å². The Hall–Kier alpha value is -3.48. The molecule has 0 radical (unpaired) electrons. The molecule has 0 fully saturated rings. The maximum absolute atomic E-state index is 12.3. The second kappa shape index (κ2) is 5.72. The highest BCUT2D eigenvalue weighted by atomic mass is 16.5. The summed E-state index contributed by atoms with van der Waals surface area (Å²) in [6, 6.07) is 6.90. The van der Waals surface area contributed by atoms with Crippen LogP contribution < -0.4 is 4.74 Å². The largest absolute Gasteiger partial charge is 0.478 e. The molecule has 2 heterocycles. The van der Waals surface area contributed by atoms with Crippen molar-refractivity contribution in [1.29, 1.82) is 0 Å². The van der Waals surface area contributed by atoms with Crippen molar-refractivity contribution in [2.75, 3.05) is 0 Å². The molecule has 114 valence electrons. The first-order chi connectivity index (χ1) is 11.1. The third-order valence-corrected chi connectivity index (χ3v) is 3.22. The first-order valence-electron chi connectivity index (χ1n) is 6.60. The van der Waals surface area contributed by atoms with Crippen molar-refractivity contribution >= 4 is 28.4 Å². The number of hydrogen-bond donors (Lipinski definition) is 2. The van der Waals surface area contributed by atoms with Gasteiger partial charge in [-0.1, -0.05) is 24.8 Å². The van der Waals surface area contributed by atoms with Crippen molar-refractivity contribution in [2.24, 2.45) is 0 Å². The summed E-state index contributed by atoms with van der Waals surface area (Å²) in [5.41, 5.74) is 0.529. The Morgan fingerprint density at radius 1 is 1.22 bits per heavy atom. The number of rotatable bonds is 4. The first kappa shape index (κ1) is 14.5. The third-order valence-electron chi connectivity index (χ3n) is 3.22. The zero-order valence-electron chi connectivity index (χ0n) is 11.8. The Kier molecular flexibility index (Phi) is 3.60. The number of carbonyl (C=O) groups is 2. The number of imidazole rings is 1. The lowest BCUT2D eigenvalue weighted by Gasteiger charge is -2.11. The van der Waals surface area contributed by atoms with E-state index in [9.17, 15) is 14.7 Å². The molecular weight excluding hydrogens is 298 g/mol. The normalized spacial score (nSPS) is 10.4. The Balaban J connectivity index is 2.15. The van der Waals surface area contributed by atoms with Gasteiger partial charge < -0.3 is 14.8 Å². The number of hydrogen-bond acceptors (Lipinski definition) is 5. The molecule has 3 aromatic rings. The number of pyridine rings is 1. The fourth-order valence-electron chi connectivity index (χ4n) is 2.18. The molecule has 2 aromatic heterocycles. The second-order valence-electron chi connectivity index (χ2n) is 4.63. The number of nitrogens with one attached hydrogen (secondary N) is 1. The number of aromatic amines is 1. The van der Waals surface area contributed by atoms with Crippen molar-refractivity contribution < 1.29 is 19.4 Å². The summed E-state index contributed by atoms with van der Waals surface area (Å²) in [5, 5.41) is 9.78. The minimum absolute atomic E-state index is 0.00694. The van der Waals surface area contributed by atoms with E-state index in [-0.39, 0.29) is 22.7 Å². The van der Waals surface area contributed by atoms with Gasteiger partial charge in [0.1, 0.15) is 0 Å². The Bertz CT molecular complexity index is 916. The fraction of sp³-hybridized carbons (Fsp3) is 0. The predicted molar refractivity (Wildman–Crippen MR) is 82.0 cm³/mol. The van der Waals surface area contributed by atoms with Gasteiger partial charge >= 0.3 is 17.9 Å². The van der Waals surface area contributed by atoms with Gasteiger partial charge in [0, 0.05) is 29.5 Å². The summed E-state index contributed by atoms with van der Waals surface area (Å²) in [4.78, 5) is 34.3. The highest BCUT2D eigenvalue weighted by molar-refractivity contribution is 6.21. The monoisotopic (exact) mass is 309 g/mol. The van der Waals surface area contributed by atoms with Gasteiger partial charge in [-0.05, 0) is 6.07 Å². The Morgan fingerprint density at radius 2 is 2.00 bits per heavy atom. The summed E-state index contributed by atoms with van der Waals surface area (Å²) in [7, 11) is 0. The lowest BCUT2D eigenvalue weighted by Crippen LogP contribution is -2.14. The van der Waals surface area contributed by atoms with E-state index in [0.29, 0.717) is 10.9 Å². The lowest BCUT2D eigenvalue weighted by atomic mass is 9.97. The smallest absolute Gasteiger partial charge is 0.348 e. The quantitative estimate of drug-likeness (QED) is 0.566. The number of aliphatic carboxylic acids is 1. The molecule has 0 bridgehead atoms. The number of aromatic nitrogens is 3. The van der Waals surface area contributed by atoms with Gasteiger partial charge in [0.25, 0.3) is 0 Å². The molecule has 0 aliphatic heterocycles. The molecular formula is C16H11N3O4. The molecule has 0 atom stereocenters. The third kappa shape index (κ3) is 2.67. The Labute approximate surface area is 130 Å². The average molecular weight is 309 g/mol. The second-order valence-corrected chi connectivity index (χ2v) is 4.63. The zero-order valence-corrected chi connectivity index (χ0v) is 11.8. The summed E-state index contributed by atoms with van der Waals surface area (Å²) >= 11 is 0. The van der Waals surface area contributed by atoms with Crippen LogP contribution in [0.1, 0.15) is 15.9 Å². The molecule has 7 nitrogen and oxygen atoms in total. The molecule has 0 aliphatic rings. The van der Waals surface area contributed by atoms with E-state index in [1.165, 1.54) is 18.6 Å². The number of carboxylic acid groups (broad SMARTS) is 1. The molecule has 0 amide bonds. The number of nitrogens with zero attached hydrogens (tertiary/aromatic N) is 2. The average Bonchev–Trinajstić information content (AvgIpc) is 3.05. The van der Waals surface area contributed by atoms with Crippen LogP contribution in [0.4, 0.5) is 0 Å². The van der Waals surface area contributed by atoms with E-state index >= 15 is 0 Å². The number of H-pyrrole nitrogens is 1. The van der Waals surface area contributed by atoms with E-state index in [1.807, 2.05) is 0 Å². The predicted octanol–water partition coefficient (Wildman–Crippen LogP) is 2.27. The van der Waals surface area contributed by atoms with E-state index in [4.69, 9.17) is 4.74 Å². The number of benzene rings is 1. The minimum Gasteiger partial charge on any atom is -0.478 e. The van der Waals surface area contributed by atoms with E-state index in [0.717, 1.165) is 0 Å². The van der Waals surface area contributed by atoms with Gasteiger partial charge in [0.2, 0.25) is 0 Å². The number of ether oxygens (including phenoxy) is 1. The van der Waals surface area contributed by atoms with Crippen LogP contribution in [0, 0.1) is 0 Å². The van der Waals surface area contributed by atoms with Gasteiger partial charge in [-0.2, -0.15) is 0 Å². The van der Waals surface area contributed by atoms with Crippen LogP contribution in [0.2, 0.25) is 0 Å². The van der Waals surface area contributed by atoms with E-state index in [2.05, 4.69) is 21.5 Å². The van der Waals surface area contributed by atoms with Gasteiger partial charge in [0.05, 0.1) is 16.7 Å². The molecule has 23 heavy (non-hydrogen) atoms. The molecule has 0 spiro atoms. The van der Waals surface area contributed by atoms with Crippen LogP contribution in [0.3, 0.4) is 0 Å². The Morgan fingerprint density at radius 3 is 2.70 bits per heavy atom. The maximum Gasteiger partial charge on any atom is 0.348 e. The van der Waals surface area contributed by atoms with Crippen LogP contribution in [-0.2, 0) is 4.79 Å². The number of carboxylic acids is 1. The van der Waals surface area contributed by atoms with Crippen molar-refractivity contribution in [3.8, 4) is 6.01 Å². The number of para-hydroxylation sites is 1. The lowest BCUT2D eigenvalue weighted by molar-refractivity contribution is -0.130. The number of carbonyl (C=O) groups excluding carboxylic acids is 1. The number of esters is 1. The van der Waals surface area contributed by atoms with Gasteiger partial charge in [0.15, 0.2) is 0 Å². The standard InChI is InChI=1S/C16H11N3O4/c1-9(14(20)21)13-10-4-2-3-5-12(10)19-8-11(13)15(22)23-16-17-6-7-18-16/h2-8H,1H2,(H,17,18)(H,20,21). The summed E-state index contributed by atoms with van der Waals surface area (Å²) in [6.07, 6.45) is 4.20. The summed E-state index contributed by atoms with van der Waals surface area (Å²) in [6.45, 7) is 3.56. The van der Waals surface area contributed by atoms with E-state index in [1.54, 1.807) is 24.3 Å². The van der Waals surface area contributed by atoms with Gasteiger partial charge in [-0.25, -0.2) is 14.6 Å². The molecule has 0 unspecified atom stereocenters. The van der Waals surface area contributed by atoms with Crippen molar-refractivity contribution in [1.82, 2.24) is 15.0 Å². The molecule has 7 heteroatoms. The zero-order chi connectivity index (χ0) is 16.4. The van der Waals surface area contributed by atoms with Crippen molar-refractivity contribution in [2.45, 2.75) is 0 Å².